The van der Waals surface area contributed by atoms with Gasteiger partial charge in [0.05, 0.1) is 11.6 Å². The van der Waals surface area contributed by atoms with E-state index in [1.54, 1.807) is 0 Å². The van der Waals surface area contributed by atoms with Crippen molar-refractivity contribution in [3.8, 4) is 6.07 Å². The summed E-state index contributed by atoms with van der Waals surface area (Å²) in [5, 5.41) is 12.5. The molecule has 0 aromatic heterocycles. The van der Waals surface area contributed by atoms with Crippen molar-refractivity contribution in [2.45, 2.75) is 18.9 Å². The number of nitrogens with one attached hydrogen (secondary N) is 1. The second kappa shape index (κ2) is 8.82. The van der Waals surface area contributed by atoms with Gasteiger partial charge in [0, 0.05) is 12.5 Å². The zero-order chi connectivity index (χ0) is 17.3. The van der Waals surface area contributed by atoms with Crippen molar-refractivity contribution in [1.29, 1.82) is 5.26 Å². The topological polar surface area (TPSA) is 35.8 Å². The van der Waals surface area contributed by atoms with E-state index in [0.717, 1.165) is 25.1 Å². The third-order valence-corrected chi connectivity index (χ3v) is 4.40. The van der Waals surface area contributed by atoms with Crippen molar-refractivity contribution < 1.29 is 0 Å². The van der Waals surface area contributed by atoms with Gasteiger partial charge in [0.2, 0.25) is 0 Å². The van der Waals surface area contributed by atoms with Gasteiger partial charge in [0.15, 0.2) is 0 Å². The van der Waals surface area contributed by atoms with Crippen LogP contribution in [-0.4, -0.2) is 6.54 Å². The highest BCUT2D eigenvalue weighted by Gasteiger charge is 2.13. The molecular weight excluding hydrogens is 304 g/mol. The van der Waals surface area contributed by atoms with E-state index in [2.05, 4.69) is 78.1 Å². The minimum absolute atomic E-state index is 0.389. The number of nitriles is 1. The molecule has 0 radical (unpaired) electrons. The first-order valence-corrected chi connectivity index (χ1v) is 8.66. The first-order chi connectivity index (χ1) is 12.4. The monoisotopic (exact) mass is 326 g/mol. The average Bonchev–Trinajstić information content (AvgIpc) is 2.69. The molecule has 2 heteroatoms. The van der Waals surface area contributed by atoms with Gasteiger partial charge in [-0.15, -0.1) is 0 Å². The zero-order valence-corrected chi connectivity index (χ0v) is 14.2. The van der Waals surface area contributed by atoms with Gasteiger partial charge in [-0.2, -0.15) is 5.26 Å². The van der Waals surface area contributed by atoms with Gasteiger partial charge < -0.3 is 5.32 Å². The van der Waals surface area contributed by atoms with E-state index < -0.39 is 0 Å². The minimum atomic E-state index is 0.389. The molecule has 0 aliphatic rings. The smallest absolute Gasteiger partial charge is 0.0991 e. The molecule has 0 fully saturated rings. The summed E-state index contributed by atoms with van der Waals surface area (Å²) >= 11 is 0. The SMILES string of the molecule is N#Cc1cccc(CNCCC(c2ccccc2)c2ccccc2)c1. The number of hydrogen-bond donors (Lipinski definition) is 1. The Kier molecular flexibility index (Phi) is 5.98. The lowest BCUT2D eigenvalue weighted by molar-refractivity contribution is 0.611. The first-order valence-electron chi connectivity index (χ1n) is 8.66. The van der Waals surface area contributed by atoms with Crippen LogP contribution in [0.4, 0.5) is 0 Å². The number of rotatable bonds is 7. The molecule has 0 unspecified atom stereocenters. The third kappa shape index (κ3) is 4.79. The molecule has 3 aromatic carbocycles. The lowest BCUT2D eigenvalue weighted by Crippen LogP contribution is -2.17. The number of nitrogens with zero attached hydrogens (tertiary/aromatic N) is 1. The van der Waals surface area contributed by atoms with Crippen LogP contribution in [0.1, 0.15) is 34.6 Å². The summed E-state index contributed by atoms with van der Waals surface area (Å²) < 4.78 is 0. The molecule has 0 aliphatic heterocycles. The van der Waals surface area contributed by atoms with Gasteiger partial charge in [0.1, 0.15) is 0 Å². The number of hydrogen-bond acceptors (Lipinski definition) is 2. The van der Waals surface area contributed by atoms with E-state index in [4.69, 9.17) is 5.26 Å². The molecule has 0 atom stereocenters. The highest BCUT2D eigenvalue weighted by atomic mass is 14.8. The second-order valence-electron chi connectivity index (χ2n) is 6.15. The number of benzene rings is 3. The Morgan fingerprint density at radius 1 is 0.800 bits per heavy atom. The van der Waals surface area contributed by atoms with E-state index in [1.165, 1.54) is 11.1 Å². The molecule has 0 saturated heterocycles. The van der Waals surface area contributed by atoms with Crippen molar-refractivity contribution in [3.63, 3.8) is 0 Å². The van der Waals surface area contributed by atoms with Gasteiger partial charge in [-0.25, -0.2) is 0 Å². The van der Waals surface area contributed by atoms with Crippen LogP contribution in [-0.2, 0) is 6.54 Å². The van der Waals surface area contributed by atoms with Crippen molar-refractivity contribution in [1.82, 2.24) is 5.32 Å². The molecule has 0 aliphatic carbocycles. The van der Waals surface area contributed by atoms with E-state index >= 15 is 0 Å². The molecule has 2 nitrogen and oxygen atoms in total. The molecule has 3 aromatic rings. The maximum atomic E-state index is 8.99. The Labute approximate surface area is 149 Å². The fourth-order valence-electron chi connectivity index (χ4n) is 3.13. The Morgan fingerprint density at radius 2 is 1.44 bits per heavy atom. The molecule has 0 spiro atoms. The van der Waals surface area contributed by atoms with E-state index in [1.807, 2.05) is 18.2 Å². The Morgan fingerprint density at radius 3 is 2.04 bits per heavy atom. The lowest BCUT2D eigenvalue weighted by Gasteiger charge is -2.18. The molecule has 0 heterocycles. The molecule has 0 bridgehead atoms. The van der Waals surface area contributed by atoms with Crippen LogP contribution in [0.25, 0.3) is 0 Å². The van der Waals surface area contributed by atoms with Crippen LogP contribution in [0.2, 0.25) is 0 Å². The van der Waals surface area contributed by atoms with Gasteiger partial charge >= 0.3 is 0 Å². The largest absolute Gasteiger partial charge is 0.313 e. The zero-order valence-electron chi connectivity index (χ0n) is 14.2. The minimum Gasteiger partial charge on any atom is -0.313 e. The summed E-state index contributed by atoms with van der Waals surface area (Å²) in [5.74, 6) is 0.389. The second-order valence-corrected chi connectivity index (χ2v) is 6.15. The van der Waals surface area contributed by atoms with E-state index in [9.17, 15) is 0 Å². The predicted molar refractivity (Wildman–Crippen MR) is 102 cm³/mol. The van der Waals surface area contributed by atoms with Crippen molar-refractivity contribution in [2.75, 3.05) is 6.54 Å². The lowest BCUT2D eigenvalue weighted by atomic mass is 9.88. The summed E-state index contributed by atoms with van der Waals surface area (Å²) in [6.45, 7) is 1.71. The maximum absolute atomic E-state index is 8.99. The van der Waals surface area contributed by atoms with Gasteiger partial charge in [-0.3, -0.25) is 0 Å². The van der Waals surface area contributed by atoms with Crippen LogP contribution in [0, 0.1) is 11.3 Å². The van der Waals surface area contributed by atoms with Crippen molar-refractivity contribution >= 4 is 0 Å². The van der Waals surface area contributed by atoms with E-state index in [0.29, 0.717) is 11.5 Å². The van der Waals surface area contributed by atoms with Crippen LogP contribution in [0.3, 0.4) is 0 Å². The highest BCUT2D eigenvalue weighted by Crippen LogP contribution is 2.27. The summed E-state index contributed by atoms with van der Waals surface area (Å²) in [4.78, 5) is 0. The summed E-state index contributed by atoms with van der Waals surface area (Å²) in [7, 11) is 0. The molecule has 124 valence electrons. The fourth-order valence-corrected chi connectivity index (χ4v) is 3.13. The van der Waals surface area contributed by atoms with Crippen molar-refractivity contribution in [2.24, 2.45) is 0 Å². The van der Waals surface area contributed by atoms with E-state index in [-0.39, 0.29) is 0 Å². The van der Waals surface area contributed by atoms with Crippen molar-refractivity contribution in [3.05, 3.63) is 107 Å². The van der Waals surface area contributed by atoms with Crippen LogP contribution < -0.4 is 5.32 Å². The van der Waals surface area contributed by atoms with Gasteiger partial charge in [-0.1, -0.05) is 72.8 Å². The fraction of sp³-hybridized carbons (Fsp3) is 0.174. The molecule has 0 amide bonds. The average molecular weight is 326 g/mol. The molecule has 0 saturated carbocycles. The summed E-state index contributed by atoms with van der Waals surface area (Å²) in [6.07, 6.45) is 1.03. The Bertz CT molecular complexity index is 780. The quantitative estimate of drug-likeness (QED) is 0.629. The van der Waals surface area contributed by atoms with Gasteiger partial charge in [0.25, 0.3) is 0 Å². The normalized spacial score (nSPS) is 10.6. The third-order valence-electron chi connectivity index (χ3n) is 4.40. The van der Waals surface area contributed by atoms with Crippen LogP contribution in [0.5, 0.6) is 0 Å². The highest BCUT2D eigenvalue weighted by molar-refractivity contribution is 5.33. The van der Waals surface area contributed by atoms with Crippen LogP contribution >= 0.6 is 0 Å². The molecule has 25 heavy (non-hydrogen) atoms. The summed E-state index contributed by atoms with van der Waals surface area (Å²) in [6, 6.07) is 31.3. The van der Waals surface area contributed by atoms with Gasteiger partial charge in [-0.05, 0) is 41.8 Å². The molecule has 1 N–H and O–H groups in total. The van der Waals surface area contributed by atoms with Crippen LogP contribution in [0.15, 0.2) is 84.9 Å². The standard InChI is InChI=1S/C23H22N2/c24-17-19-8-7-9-20(16-19)18-25-15-14-23(21-10-3-1-4-11-21)22-12-5-2-6-13-22/h1-13,16,23,25H,14-15,18H2. The molecule has 3 rings (SSSR count). The Balaban J connectivity index is 1.62. The molecular formula is C23H22N2. The first kappa shape index (κ1) is 17.0. The Hall–Kier alpha value is -2.89. The predicted octanol–water partition coefficient (Wildman–Crippen LogP) is 4.87. The maximum Gasteiger partial charge on any atom is 0.0991 e. The summed E-state index contributed by atoms with van der Waals surface area (Å²) in [5.41, 5.74) is 4.56.